The van der Waals surface area contributed by atoms with E-state index in [4.69, 9.17) is 16.0 Å². The fraction of sp³-hybridized carbons (Fsp3) is 0.227. The second kappa shape index (κ2) is 9.47. The molecule has 0 spiro atoms. The molecule has 0 saturated heterocycles. The number of benzene rings is 1. The van der Waals surface area contributed by atoms with Crippen molar-refractivity contribution < 1.29 is 4.42 Å². The fourth-order valence-electron chi connectivity index (χ4n) is 3.03. The number of thioether (sulfide) groups is 1. The van der Waals surface area contributed by atoms with E-state index in [0.717, 1.165) is 33.8 Å². The molecule has 30 heavy (non-hydrogen) atoms. The van der Waals surface area contributed by atoms with Crippen LogP contribution in [-0.2, 0) is 25.9 Å². The summed E-state index contributed by atoms with van der Waals surface area (Å²) in [6.45, 7) is 1.36. The van der Waals surface area contributed by atoms with E-state index in [0.29, 0.717) is 18.1 Å². The molecule has 0 aliphatic carbocycles. The molecular formula is C22H22ClN5OS. The van der Waals surface area contributed by atoms with Gasteiger partial charge in [0.25, 0.3) is 0 Å². The van der Waals surface area contributed by atoms with Crippen LogP contribution in [0.4, 0.5) is 0 Å². The second-order valence-corrected chi connectivity index (χ2v) is 8.43. The van der Waals surface area contributed by atoms with E-state index in [1.54, 1.807) is 24.2 Å². The lowest BCUT2D eigenvalue weighted by Gasteiger charge is -2.14. The monoisotopic (exact) mass is 439 g/mol. The van der Waals surface area contributed by atoms with Gasteiger partial charge in [-0.25, -0.2) is 0 Å². The van der Waals surface area contributed by atoms with E-state index in [1.807, 2.05) is 67.2 Å². The Morgan fingerprint density at radius 1 is 1.00 bits per heavy atom. The van der Waals surface area contributed by atoms with Crippen LogP contribution in [0.5, 0.6) is 0 Å². The molecule has 0 aliphatic heterocycles. The van der Waals surface area contributed by atoms with Gasteiger partial charge in [-0.3, -0.25) is 9.88 Å². The summed E-state index contributed by atoms with van der Waals surface area (Å²) in [6, 6.07) is 15.7. The lowest BCUT2D eigenvalue weighted by atomic mass is 10.2. The van der Waals surface area contributed by atoms with Crippen LogP contribution in [0.1, 0.15) is 17.1 Å². The summed E-state index contributed by atoms with van der Waals surface area (Å²) in [5.41, 5.74) is 2.23. The zero-order valence-corrected chi connectivity index (χ0v) is 18.4. The molecule has 3 heterocycles. The smallest absolute Gasteiger partial charge is 0.191 e. The third-order valence-electron chi connectivity index (χ3n) is 4.67. The van der Waals surface area contributed by atoms with Gasteiger partial charge in [-0.1, -0.05) is 23.4 Å². The summed E-state index contributed by atoms with van der Waals surface area (Å²) >= 11 is 7.63. The minimum atomic E-state index is 0.677. The maximum atomic E-state index is 6.00. The van der Waals surface area contributed by atoms with Crippen molar-refractivity contribution in [3.63, 3.8) is 0 Å². The van der Waals surface area contributed by atoms with E-state index in [9.17, 15) is 0 Å². The molecule has 0 unspecified atom stereocenters. The van der Waals surface area contributed by atoms with Crippen molar-refractivity contribution in [1.82, 2.24) is 24.6 Å². The van der Waals surface area contributed by atoms with Crippen LogP contribution in [0.2, 0.25) is 5.02 Å². The number of furan rings is 1. The molecule has 154 valence electrons. The Morgan fingerprint density at radius 3 is 2.53 bits per heavy atom. The van der Waals surface area contributed by atoms with Gasteiger partial charge < -0.3 is 8.98 Å². The molecule has 3 aromatic heterocycles. The normalized spacial score (nSPS) is 11.3. The number of aromatic nitrogens is 4. The Morgan fingerprint density at radius 2 is 1.77 bits per heavy atom. The maximum absolute atomic E-state index is 6.00. The lowest BCUT2D eigenvalue weighted by molar-refractivity contribution is 0.279. The fourth-order valence-corrected chi connectivity index (χ4v) is 4.04. The second-order valence-electron chi connectivity index (χ2n) is 7.05. The van der Waals surface area contributed by atoms with E-state index >= 15 is 0 Å². The molecule has 4 aromatic rings. The predicted octanol–water partition coefficient (Wildman–Crippen LogP) is 5.05. The highest BCUT2D eigenvalue weighted by Gasteiger charge is 2.13. The van der Waals surface area contributed by atoms with E-state index in [2.05, 4.69) is 20.1 Å². The van der Waals surface area contributed by atoms with E-state index < -0.39 is 0 Å². The Hall–Kier alpha value is -2.61. The lowest BCUT2D eigenvalue weighted by Crippen LogP contribution is -2.19. The van der Waals surface area contributed by atoms with Gasteiger partial charge in [0.15, 0.2) is 5.16 Å². The summed E-state index contributed by atoms with van der Waals surface area (Å²) in [7, 11) is 4.05. The van der Waals surface area contributed by atoms with Crippen molar-refractivity contribution in [1.29, 1.82) is 0 Å². The molecule has 0 amide bonds. The molecule has 0 N–H and O–H groups in total. The average molecular weight is 440 g/mol. The molecule has 0 atom stereocenters. The highest BCUT2D eigenvalue weighted by atomic mass is 35.5. The maximum Gasteiger partial charge on any atom is 0.191 e. The topological polar surface area (TPSA) is 60.0 Å². The zero-order chi connectivity index (χ0) is 20.9. The van der Waals surface area contributed by atoms with E-state index in [1.165, 1.54) is 5.56 Å². The van der Waals surface area contributed by atoms with Crippen LogP contribution in [0.3, 0.4) is 0 Å². The first-order valence-electron chi connectivity index (χ1n) is 9.51. The Kier molecular flexibility index (Phi) is 6.52. The number of hydrogen-bond donors (Lipinski definition) is 0. The van der Waals surface area contributed by atoms with Crippen LogP contribution in [0, 0.1) is 0 Å². The zero-order valence-electron chi connectivity index (χ0n) is 16.8. The standard InChI is InChI=1S/C22H22ClN5OS/c1-27(13-19-7-8-20(29-19)17-3-5-18(23)6-4-17)14-21-25-26-22(28(21)2)30-15-16-9-11-24-12-10-16/h3-12H,13-15H2,1-2H3. The number of hydrogen-bond acceptors (Lipinski definition) is 6. The summed E-state index contributed by atoms with van der Waals surface area (Å²) < 4.78 is 8.05. The molecule has 0 aliphatic rings. The first-order chi connectivity index (χ1) is 14.6. The van der Waals surface area contributed by atoms with Crippen LogP contribution >= 0.6 is 23.4 Å². The Labute approximate surface area is 184 Å². The molecule has 8 heteroatoms. The molecule has 4 rings (SSSR count). The summed E-state index contributed by atoms with van der Waals surface area (Å²) in [5, 5.41) is 10.3. The van der Waals surface area contributed by atoms with Gasteiger partial charge in [0.05, 0.1) is 13.1 Å². The average Bonchev–Trinajstić information content (AvgIpc) is 3.35. The van der Waals surface area contributed by atoms with Crippen molar-refractivity contribution in [2.45, 2.75) is 24.0 Å². The van der Waals surface area contributed by atoms with Crippen LogP contribution in [-0.4, -0.2) is 31.7 Å². The van der Waals surface area contributed by atoms with Crippen molar-refractivity contribution >= 4 is 23.4 Å². The van der Waals surface area contributed by atoms with Gasteiger partial charge in [-0.2, -0.15) is 0 Å². The van der Waals surface area contributed by atoms with Gasteiger partial charge in [-0.15, -0.1) is 10.2 Å². The Balaban J connectivity index is 1.35. The van der Waals surface area contributed by atoms with Gasteiger partial charge >= 0.3 is 0 Å². The number of pyridine rings is 1. The number of rotatable bonds is 8. The Bertz CT molecular complexity index is 1090. The third kappa shape index (κ3) is 5.11. The van der Waals surface area contributed by atoms with Crippen LogP contribution in [0.25, 0.3) is 11.3 Å². The molecule has 0 fully saturated rings. The van der Waals surface area contributed by atoms with E-state index in [-0.39, 0.29) is 0 Å². The highest BCUT2D eigenvalue weighted by molar-refractivity contribution is 7.98. The first-order valence-corrected chi connectivity index (χ1v) is 10.9. The molecule has 0 saturated carbocycles. The highest BCUT2D eigenvalue weighted by Crippen LogP contribution is 2.25. The van der Waals surface area contributed by atoms with Gasteiger partial charge in [0.2, 0.25) is 0 Å². The van der Waals surface area contributed by atoms with Crippen molar-refractivity contribution in [2.24, 2.45) is 7.05 Å². The van der Waals surface area contributed by atoms with Gasteiger partial charge in [0.1, 0.15) is 17.3 Å². The quantitative estimate of drug-likeness (QED) is 0.358. The molecule has 0 bridgehead atoms. The summed E-state index contributed by atoms with van der Waals surface area (Å²) in [6.07, 6.45) is 3.61. The molecule has 1 aromatic carbocycles. The number of halogens is 1. The molecule has 0 radical (unpaired) electrons. The van der Waals surface area contributed by atoms with Crippen LogP contribution in [0.15, 0.2) is 70.5 Å². The summed E-state index contributed by atoms with van der Waals surface area (Å²) in [5.74, 6) is 3.49. The minimum absolute atomic E-state index is 0.677. The predicted molar refractivity (Wildman–Crippen MR) is 119 cm³/mol. The van der Waals surface area contributed by atoms with Crippen molar-refractivity contribution in [2.75, 3.05) is 7.05 Å². The minimum Gasteiger partial charge on any atom is -0.460 e. The molecular weight excluding hydrogens is 418 g/mol. The van der Waals surface area contributed by atoms with Crippen molar-refractivity contribution in [3.8, 4) is 11.3 Å². The SMILES string of the molecule is CN(Cc1ccc(-c2ccc(Cl)cc2)o1)Cc1nnc(SCc2ccncc2)n1C. The largest absolute Gasteiger partial charge is 0.460 e. The van der Waals surface area contributed by atoms with Gasteiger partial charge in [-0.05, 0) is 61.1 Å². The first kappa shape index (κ1) is 20.7. The third-order valence-corrected chi connectivity index (χ3v) is 6.01. The summed E-state index contributed by atoms with van der Waals surface area (Å²) in [4.78, 5) is 6.21. The molecule has 6 nitrogen and oxygen atoms in total. The number of nitrogens with zero attached hydrogens (tertiary/aromatic N) is 5. The van der Waals surface area contributed by atoms with Crippen molar-refractivity contribution in [3.05, 3.63) is 83.1 Å². The van der Waals surface area contributed by atoms with Crippen LogP contribution < -0.4 is 0 Å². The van der Waals surface area contributed by atoms with Gasteiger partial charge in [0, 0.05) is 35.8 Å².